The van der Waals surface area contributed by atoms with Gasteiger partial charge in [-0.25, -0.2) is 0 Å². The molecule has 1 atom stereocenters. The molecular formula is C26H32N2O. The second-order valence-corrected chi connectivity index (χ2v) is 7.51. The summed E-state index contributed by atoms with van der Waals surface area (Å²) >= 11 is 0. The average Bonchev–Trinajstić information content (AvgIpc) is 2.79. The van der Waals surface area contributed by atoms with Gasteiger partial charge in [-0.05, 0) is 48.2 Å². The van der Waals surface area contributed by atoms with E-state index >= 15 is 0 Å². The quantitative estimate of drug-likeness (QED) is 0.384. The maximum atomic E-state index is 7.04. The molecule has 0 radical (unpaired) electrons. The highest BCUT2D eigenvalue weighted by Gasteiger charge is 2.41. The molecule has 0 spiro atoms. The van der Waals surface area contributed by atoms with Crippen LogP contribution in [-0.2, 0) is 5.41 Å². The highest BCUT2D eigenvalue weighted by molar-refractivity contribution is 5.53. The third-order valence-electron chi connectivity index (χ3n) is 5.78. The lowest BCUT2D eigenvalue weighted by molar-refractivity contribution is 0.411. The first-order chi connectivity index (χ1) is 14.2. The van der Waals surface area contributed by atoms with E-state index in [4.69, 9.17) is 16.2 Å². The van der Waals surface area contributed by atoms with Crippen LogP contribution in [0.2, 0.25) is 0 Å². The smallest absolute Gasteiger partial charge is 0.118 e. The zero-order valence-electron chi connectivity index (χ0n) is 17.3. The van der Waals surface area contributed by atoms with E-state index in [2.05, 4.69) is 72.8 Å². The Bertz CT molecular complexity index is 807. The molecule has 3 aromatic carbocycles. The van der Waals surface area contributed by atoms with Gasteiger partial charge in [0.2, 0.25) is 0 Å². The SMILES string of the molecule is COc1ccc(C(c2ccccc2)(c2ccccc2)C(N)CCCCCN)cc1. The summed E-state index contributed by atoms with van der Waals surface area (Å²) in [5, 5.41) is 0. The zero-order valence-corrected chi connectivity index (χ0v) is 17.3. The van der Waals surface area contributed by atoms with E-state index in [1.807, 2.05) is 12.1 Å². The highest BCUT2D eigenvalue weighted by Crippen LogP contribution is 2.43. The molecule has 0 fully saturated rings. The Morgan fingerprint density at radius 2 is 1.24 bits per heavy atom. The van der Waals surface area contributed by atoms with Gasteiger partial charge in [-0.3, -0.25) is 0 Å². The van der Waals surface area contributed by atoms with Crippen LogP contribution in [0.1, 0.15) is 42.4 Å². The second kappa shape index (κ2) is 10.2. The van der Waals surface area contributed by atoms with Gasteiger partial charge in [-0.1, -0.05) is 85.6 Å². The van der Waals surface area contributed by atoms with Gasteiger partial charge in [0.05, 0.1) is 12.5 Å². The zero-order chi connectivity index (χ0) is 20.5. The Kier molecular flexibility index (Phi) is 7.45. The van der Waals surface area contributed by atoms with Crippen LogP contribution >= 0.6 is 0 Å². The minimum Gasteiger partial charge on any atom is -0.497 e. The summed E-state index contributed by atoms with van der Waals surface area (Å²) < 4.78 is 5.40. The van der Waals surface area contributed by atoms with Gasteiger partial charge in [-0.2, -0.15) is 0 Å². The standard InChI is InChI=1S/C26H32N2O/c1-29-24-18-16-23(17-19-24)26(21-11-5-2-6-12-21,22-13-7-3-8-14-22)25(28)15-9-4-10-20-27/h2-3,5-8,11-14,16-19,25H,4,9-10,15,20,27-28H2,1H3. The first-order valence-corrected chi connectivity index (χ1v) is 10.4. The summed E-state index contributed by atoms with van der Waals surface area (Å²) in [6, 6.07) is 29.5. The molecule has 3 heteroatoms. The molecule has 1 unspecified atom stereocenters. The Balaban J connectivity index is 2.15. The number of hydrogen-bond acceptors (Lipinski definition) is 3. The lowest BCUT2D eigenvalue weighted by Crippen LogP contribution is -2.47. The van der Waals surface area contributed by atoms with Gasteiger partial charge in [0, 0.05) is 6.04 Å². The molecule has 29 heavy (non-hydrogen) atoms. The molecule has 3 nitrogen and oxygen atoms in total. The van der Waals surface area contributed by atoms with Crippen molar-refractivity contribution in [2.24, 2.45) is 11.5 Å². The minimum absolute atomic E-state index is 0.0709. The number of ether oxygens (including phenoxy) is 1. The molecule has 4 N–H and O–H groups in total. The van der Waals surface area contributed by atoms with Crippen LogP contribution in [0.4, 0.5) is 0 Å². The van der Waals surface area contributed by atoms with Gasteiger partial charge < -0.3 is 16.2 Å². The monoisotopic (exact) mass is 388 g/mol. The van der Waals surface area contributed by atoms with E-state index in [-0.39, 0.29) is 6.04 Å². The van der Waals surface area contributed by atoms with Crippen molar-refractivity contribution in [3.8, 4) is 5.75 Å². The molecule has 3 aromatic rings. The fraction of sp³-hybridized carbons (Fsp3) is 0.308. The molecule has 3 rings (SSSR count). The van der Waals surface area contributed by atoms with Crippen LogP contribution in [0.5, 0.6) is 5.75 Å². The molecule has 0 amide bonds. The van der Waals surface area contributed by atoms with E-state index < -0.39 is 5.41 Å². The topological polar surface area (TPSA) is 61.3 Å². The summed E-state index contributed by atoms with van der Waals surface area (Å²) in [4.78, 5) is 0. The largest absolute Gasteiger partial charge is 0.497 e. The molecule has 0 aromatic heterocycles. The molecule has 0 aliphatic heterocycles. The third-order valence-corrected chi connectivity index (χ3v) is 5.78. The fourth-order valence-corrected chi connectivity index (χ4v) is 4.30. The van der Waals surface area contributed by atoms with Gasteiger partial charge in [0.1, 0.15) is 5.75 Å². The maximum absolute atomic E-state index is 7.04. The van der Waals surface area contributed by atoms with Crippen molar-refractivity contribution >= 4 is 0 Å². The van der Waals surface area contributed by atoms with Crippen molar-refractivity contribution in [2.45, 2.75) is 37.1 Å². The Labute approximate surface area is 174 Å². The Hall–Kier alpha value is -2.62. The van der Waals surface area contributed by atoms with Crippen molar-refractivity contribution in [3.63, 3.8) is 0 Å². The van der Waals surface area contributed by atoms with Crippen molar-refractivity contribution in [3.05, 3.63) is 102 Å². The summed E-state index contributed by atoms with van der Waals surface area (Å²) in [5.74, 6) is 0.847. The van der Waals surface area contributed by atoms with E-state index in [1.165, 1.54) is 16.7 Å². The van der Waals surface area contributed by atoms with E-state index in [0.717, 1.165) is 38.0 Å². The molecule has 0 heterocycles. The molecule has 0 saturated carbocycles. The van der Waals surface area contributed by atoms with Gasteiger partial charge in [0.25, 0.3) is 0 Å². The third kappa shape index (κ3) is 4.52. The average molecular weight is 389 g/mol. The normalized spacial score (nSPS) is 12.5. The number of rotatable bonds is 10. The predicted octanol–water partition coefficient (Wildman–Crippen LogP) is 4.88. The second-order valence-electron chi connectivity index (χ2n) is 7.51. The van der Waals surface area contributed by atoms with Gasteiger partial charge >= 0.3 is 0 Å². The minimum atomic E-state index is -0.433. The van der Waals surface area contributed by atoms with Crippen LogP contribution in [0.15, 0.2) is 84.9 Å². The van der Waals surface area contributed by atoms with Crippen molar-refractivity contribution in [2.75, 3.05) is 13.7 Å². The first kappa shape index (κ1) is 21.1. The maximum Gasteiger partial charge on any atom is 0.118 e. The molecule has 0 aliphatic rings. The Morgan fingerprint density at radius 3 is 1.72 bits per heavy atom. The summed E-state index contributed by atoms with van der Waals surface area (Å²) in [6.45, 7) is 0.732. The number of methoxy groups -OCH3 is 1. The van der Waals surface area contributed by atoms with Crippen molar-refractivity contribution in [1.29, 1.82) is 0 Å². The lowest BCUT2D eigenvalue weighted by Gasteiger charge is -2.41. The first-order valence-electron chi connectivity index (χ1n) is 10.4. The van der Waals surface area contributed by atoms with E-state index in [1.54, 1.807) is 7.11 Å². The predicted molar refractivity (Wildman–Crippen MR) is 121 cm³/mol. The van der Waals surface area contributed by atoms with E-state index in [9.17, 15) is 0 Å². The molecule has 0 aliphatic carbocycles. The van der Waals surface area contributed by atoms with Crippen LogP contribution < -0.4 is 16.2 Å². The van der Waals surface area contributed by atoms with Crippen LogP contribution in [0.25, 0.3) is 0 Å². The highest BCUT2D eigenvalue weighted by atomic mass is 16.5. The summed E-state index contributed by atoms with van der Waals surface area (Å²) in [7, 11) is 1.69. The fourth-order valence-electron chi connectivity index (χ4n) is 4.30. The van der Waals surface area contributed by atoms with Gasteiger partial charge in [-0.15, -0.1) is 0 Å². The van der Waals surface area contributed by atoms with E-state index in [0.29, 0.717) is 0 Å². The number of benzene rings is 3. The molecule has 0 bridgehead atoms. The Morgan fingerprint density at radius 1 is 0.724 bits per heavy atom. The number of unbranched alkanes of at least 4 members (excludes halogenated alkanes) is 2. The lowest BCUT2D eigenvalue weighted by atomic mass is 9.64. The molecule has 0 saturated heterocycles. The molecular weight excluding hydrogens is 356 g/mol. The van der Waals surface area contributed by atoms with Crippen LogP contribution in [0.3, 0.4) is 0 Å². The number of nitrogens with two attached hydrogens (primary N) is 2. The van der Waals surface area contributed by atoms with Crippen LogP contribution in [0, 0.1) is 0 Å². The van der Waals surface area contributed by atoms with Gasteiger partial charge in [0.15, 0.2) is 0 Å². The van der Waals surface area contributed by atoms with Crippen molar-refractivity contribution in [1.82, 2.24) is 0 Å². The summed E-state index contributed by atoms with van der Waals surface area (Å²) in [5.41, 5.74) is 15.9. The summed E-state index contributed by atoms with van der Waals surface area (Å²) in [6.07, 6.45) is 4.14. The van der Waals surface area contributed by atoms with Crippen LogP contribution in [-0.4, -0.2) is 19.7 Å². The van der Waals surface area contributed by atoms with Crippen molar-refractivity contribution < 1.29 is 4.74 Å². The number of hydrogen-bond donors (Lipinski definition) is 2. The molecule has 152 valence electrons.